The Morgan fingerprint density at radius 1 is 1.16 bits per heavy atom. The Morgan fingerprint density at radius 2 is 1.94 bits per heavy atom. The van der Waals surface area contributed by atoms with Gasteiger partial charge in [-0.05, 0) is 24.1 Å². The quantitative estimate of drug-likeness (QED) is 0.391. The van der Waals surface area contributed by atoms with Crippen molar-refractivity contribution in [2.24, 2.45) is 0 Å². The standard InChI is InChI=1S/C25H28N2O4S/c1-2-3-5-12-19(27-25(28)30-15-18-10-6-4-7-11-18)20-17-32-24(26-20)23-16-29-21-13-8-9-14-22(21)31-23/h4,6-11,13-14,17,19,23H,2-3,5,12,15-16H2,1H3,(H,27,28). The monoisotopic (exact) mass is 452 g/mol. The zero-order valence-corrected chi connectivity index (χ0v) is 19.0. The number of carbonyl (C=O) groups excluding carboxylic acids is 1. The maximum absolute atomic E-state index is 12.5. The molecule has 2 unspecified atom stereocenters. The molecule has 1 aliphatic heterocycles. The summed E-state index contributed by atoms with van der Waals surface area (Å²) in [6, 6.07) is 17.1. The molecule has 7 heteroatoms. The zero-order valence-electron chi connectivity index (χ0n) is 18.2. The Labute approximate surface area is 192 Å². The number of aromatic nitrogens is 1. The molecule has 32 heavy (non-hydrogen) atoms. The summed E-state index contributed by atoms with van der Waals surface area (Å²) >= 11 is 1.53. The number of thiazole rings is 1. The van der Waals surface area contributed by atoms with Gasteiger partial charge in [-0.15, -0.1) is 11.3 Å². The molecule has 0 radical (unpaired) electrons. The third-order valence-corrected chi connectivity index (χ3v) is 6.24. The van der Waals surface area contributed by atoms with E-state index in [0.717, 1.165) is 53.4 Å². The molecule has 1 aromatic heterocycles. The van der Waals surface area contributed by atoms with Crippen LogP contribution in [0.3, 0.4) is 0 Å². The van der Waals surface area contributed by atoms with Crippen molar-refractivity contribution in [3.63, 3.8) is 0 Å². The highest BCUT2D eigenvalue weighted by Crippen LogP contribution is 2.37. The number of carbonyl (C=O) groups is 1. The van der Waals surface area contributed by atoms with Crippen molar-refractivity contribution < 1.29 is 19.0 Å². The lowest BCUT2D eigenvalue weighted by atomic mass is 10.1. The Bertz CT molecular complexity index is 1010. The maximum Gasteiger partial charge on any atom is 0.408 e. The van der Waals surface area contributed by atoms with Crippen LogP contribution in [-0.4, -0.2) is 17.7 Å². The van der Waals surface area contributed by atoms with Crippen molar-refractivity contribution in [3.05, 3.63) is 76.2 Å². The van der Waals surface area contributed by atoms with E-state index in [0.29, 0.717) is 6.61 Å². The van der Waals surface area contributed by atoms with E-state index in [1.54, 1.807) is 0 Å². The van der Waals surface area contributed by atoms with E-state index in [-0.39, 0.29) is 18.8 Å². The van der Waals surface area contributed by atoms with E-state index in [9.17, 15) is 4.79 Å². The molecule has 0 saturated heterocycles. The molecule has 4 rings (SSSR count). The van der Waals surface area contributed by atoms with Crippen LogP contribution >= 0.6 is 11.3 Å². The first-order chi connectivity index (χ1) is 15.7. The molecule has 0 bridgehead atoms. The van der Waals surface area contributed by atoms with Crippen LogP contribution < -0.4 is 14.8 Å². The van der Waals surface area contributed by atoms with Gasteiger partial charge in [-0.1, -0.05) is 68.7 Å². The highest BCUT2D eigenvalue weighted by Gasteiger charge is 2.27. The topological polar surface area (TPSA) is 69.7 Å². The van der Waals surface area contributed by atoms with Gasteiger partial charge in [-0.2, -0.15) is 0 Å². The number of hydrogen-bond donors (Lipinski definition) is 1. The minimum atomic E-state index is -0.434. The highest BCUT2D eigenvalue weighted by molar-refractivity contribution is 7.09. The summed E-state index contributed by atoms with van der Waals surface area (Å²) < 4.78 is 17.3. The van der Waals surface area contributed by atoms with E-state index in [1.807, 2.05) is 60.0 Å². The summed E-state index contributed by atoms with van der Waals surface area (Å²) in [4.78, 5) is 17.3. The minimum absolute atomic E-state index is 0.202. The summed E-state index contributed by atoms with van der Waals surface area (Å²) in [5.41, 5.74) is 1.79. The van der Waals surface area contributed by atoms with E-state index >= 15 is 0 Å². The Hall–Kier alpha value is -3.06. The molecule has 0 spiro atoms. The van der Waals surface area contributed by atoms with Crippen LogP contribution in [0.15, 0.2) is 60.0 Å². The van der Waals surface area contributed by atoms with Gasteiger partial charge in [-0.25, -0.2) is 9.78 Å². The van der Waals surface area contributed by atoms with E-state index < -0.39 is 6.09 Å². The molecule has 6 nitrogen and oxygen atoms in total. The number of nitrogens with one attached hydrogen (secondary N) is 1. The summed E-state index contributed by atoms with van der Waals surface area (Å²) in [6.07, 6.45) is 3.33. The predicted octanol–water partition coefficient (Wildman–Crippen LogP) is 6.20. The first-order valence-electron chi connectivity index (χ1n) is 11.0. The van der Waals surface area contributed by atoms with Crippen LogP contribution in [0, 0.1) is 0 Å². The van der Waals surface area contributed by atoms with Crippen molar-refractivity contribution in [3.8, 4) is 11.5 Å². The molecule has 1 N–H and O–H groups in total. The second-order valence-corrected chi connectivity index (χ2v) is 8.62. The van der Waals surface area contributed by atoms with Crippen molar-refractivity contribution in [2.45, 2.75) is 51.4 Å². The summed E-state index contributed by atoms with van der Waals surface area (Å²) in [5, 5.41) is 5.84. The number of alkyl carbamates (subject to hydrolysis) is 1. The fraction of sp³-hybridized carbons (Fsp3) is 0.360. The van der Waals surface area contributed by atoms with Gasteiger partial charge in [0.1, 0.15) is 18.2 Å². The van der Waals surface area contributed by atoms with Gasteiger partial charge < -0.3 is 19.5 Å². The second kappa shape index (κ2) is 11.0. The number of para-hydroxylation sites is 2. The summed E-state index contributed by atoms with van der Waals surface area (Å²) in [7, 11) is 0. The number of rotatable bonds is 9. The van der Waals surface area contributed by atoms with Crippen LogP contribution in [0.25, 0.3) is 0 Å². The number of nitrogens with zero attached hydrogens (tertiary/aromatic N) is 1. The smallest absolute Gasteiger partial charge is 0.408 e. The van der Waals surface area contributed by atoms with Crippen LogP contribution in [0.2, 0.25) is 0 Å². The molecular weight excluding hydrogens is 424 g/mol. The molecule has 2 heterocycles. The Kier molecular flexibility index (Phi) is 7.61. The summed E-state index contributed by atoms with van der Waals surface area (Å²) in [5.74, 6) is 1.48. The summed E-state index contributed by atoms with van der Waals surface area (Å²) in [6.45, 7) is 2.82. The molecule has 1 amide bonds. The number of fused-ring (bicyclic) bond motifs is 1. The van der Waals surface area contributed by atoms with Crippen molar-refractivity contribution in [1.29, 1.82) is 0 Å². The van der Waals surface area contributed by atoms with E-state index in [1.165, 1.54) is 11.3 Å². The van der Waals surface area contributed by atoms with Gasteiger partial charge in [0, 0.05) is 5.38 Å². The zero-order chi connectivity index (χ0) is 22.2. The maximum atomic E-state index is 12.5. The fourth-order valence-corrected chi connectivity index (χ4v) is 4.43. The van der Waals surface area contributed by atoms with Crippen molar-refractivity contribution in [2.75, 3.05) is 6.61 Å². The molecule has 0 aliphatic carbocycles. The number of amides is 1. The van der Waals surface area contributed by atoms with Gasteiger partial charge in [0.15, 0.2) is 17.6 Å². The van der Waals surface area contributed by atoms with Crippen molar-refractivity contribution in [1.82, 2.24) is 10.3 Å². The first-order valence-corrected chi connectivity index (χ1v) is 11.9. The molecule has 2 aromatic carbocycles. The second-order valence-electron chi connectivity index (χ2n) is 7.73. The van der Waals surface area contributed by atoms with E-state index in [2.05, 4.69) is 12.2 Å². The SMILES string of the molecule is CCCCCC(NC(=O)OCc1ccccc1)c1csc(C2COc3ccccc3O2)n1. The molecular formula is C25H28N2O4S. The minimum Gasteiger partial charge on any atom is -0.485 e. The fourth-order valence-electron chi connectivity index (χ4n) is 3.55. The lowest BCUT2D eigenvalue weighted by molar-refractivity contribution is 0.0909. The molecule has 0 saturated carbocycles. The highest BCUT2D eigenvalue weighted by atomic mass is 32.1. The molecule has 2 atom stereocenters. The van der Waals surface area contributed by atoms with Gasteiger partial charge >= 0.3 is 6.09 Å². The Morgan fingerprint density at radius 3 is 2.75 bits per heavy atom. The molecule has 3 aromatic rings. The third kappa shape index (κ3) is 5.79. The molecule has 168 valence electrons. The van der Waals surface area contributed by atoms with Gasteiger partial charge in [0.05, 0.1) is 11.7 Å². The Balaban J connectivity index is 1.40. The first kappa shape index (κ1) is 22.1. The lowest BCUT2D eigenvalue weighted by Crippen LogP contribution is -2.29. The van der Waals surface area contributed by atoms with Crippen LogP contribution in [0.1, 0.15) is 61.0 Å². The third-order valence-electron chi connectivity index (χ3n) is 5.28. The van der Waals surface area contributed by atoms with Gasteiger partial charge in [0.2, 0.25) is 0 Å². The van der Waals surface area contributed by atoms with E-state index in [4.69, 9.17) is 19.2 Å². The number of hydrogen-bond acceptors (Lipinski definition) is 6. The van der Waals surface area contributed by atoms with Gasteiger partial charge in [-0.3, -0.25) is 0 Å². The average molecular weight is 453 g/mol. The van der Waals surface area contributed by atoms with Crippen molar-refractivity contribution >= 4 is 17.4 Å². The molecule has 1 aliphatic rings. The number of benzene rings is 2. The lowest BCUT2D eigenvalue weighted by Gasteiger charge is -2.25. The van der Waals surface area contributed by atoms with Crippen LogP contribution in [0.5, 0.6) is 11.5 Å². The van der Waals surface area contributed by atoms with Crippen LogP contribution in [-0.2, 0) is 11.3 Å². The average Bonchev–Trinajstić information content (AvgIpc) is 3.33. The number of unbranched alkanes of at least 4 members (excludes halogenated alkanes) is 2. The van der Waals surface area contributed by atoms with Gasteiger partial charge in [0.25, 0.3) is 0 Å². The normalized spacial score (nSPS) is 15.7. The number of ether oxygens (including phenoxy) is 3. The largest absolute Gasteiger partial charge is 0.485 e. The van der Waals surface area contributed by atoms with Crippen LogP contribution in [0.4, 0.5) is 4.79 Å². The predicted molar refractivity (Wildman–Crippen MR) is 124 cm³/mol. The molecule has 0 fully saturated rings.